The Kier molecular flexibility index (Phi) is 5.81. The first-order valence-corrected chi connectivity index (χ1v) is 11.5. The van der Waals surface area contributed by atoms with Crippen molar-refractivity contribution in [2.75, 3.05) is 6.54 Å². The first kappa shape index (κ1) is 21.5. The van der Waals surface area contributed by atoms with E-state index in [1.165, 1.54) is 0 Å². The second-order valence-electron chi connectivity index (χ2n) is 8.54. The molecular formula is C25H24ClN3O4. The van der Waals surface area contributed by atoms with Gasteiger partial charge in [-0.1, -0.05) is 47.4 Å². The summed E-state index contributed by atoms with van der Waals surface area (Å²) in [6, 6.07) is 14.5. The molecule has 0 aliphatic heterocycles. The van der Waals surface area contributed by atoms with Crippen LogP contribution < -0.4 is 15.6 Å². The quantitative estimate of drug-likeness (QED) is 0.422. The zero-order chi connectivity index (χ0) is 22.9. The normalized spacial score (nSPS) is 18.5. The predicted octanol–water partition coefficient (Wildman–Crippen LogP) is 5.62. The van der Waals surface area contributed by atoms with E-state index in [0.717, 1.165) is 36.6 Å². The lowest BCUT2D eigenvalue weighted by atomic mass is 9.85. The van der Waals surface area contributed by atoms with Crippen LogP contribution in [-0.4, -0.2) is 22.4 Å². The fourth-order valence-corrected chi connectivity index (χ4v) is 5.14. The molecule has 4 aromatic rings. The minimum atomic E-state index is -0.473. The molecule has 0 unspecified atom stereocenters. The Balaban J connectivity index is 1.40. The van der Waals surface area contributed by atoms with Crippen molar-refractivity contribution in [3.05, 3.63) is 69.7 Å². The fraction of sp³-hybridized carbons (Fsp3) is 0.320. The second-order valence-corrected chi connectivity index (χ2v) is 8.95. The Labute approximate surface area is 195 Å². The van der Waals surface area contributed by atoms with E-state index in [1.807, 2.05) is 34.9 Å². The van der Waals surface area contributed by atoms with Gasteiger partial charge in [0, 0.05) is 18.0 Å². The molecule has 170 valence electrons. The molecule has 1 saturated carbocycles. The van der Waals surface area contributed by atoms with Gasteiger partial charge in [-0.05, 0) is 56.4 Å². The molecule has 1 amide bonds. The van der Waals surface area contributed by atoms with Crippen LogP contribution in [0.1, 0.15) is 37.5 Å². The number of aryl methyl sites for hydroxylation is 1. The summed E-state index contributed by atoms with van der Waals surface area (Å²) in [6.07, 6.45) is 3.11. The molecule has 7 nitrogen and oxygen atoms in total. The van der Waals surface area contributed by atoms with Gasteiger partial charge in [0.25, 0.3) is 5.56 Å². The third-order valence-electron chi connectivity index (χ3n) is 6.39. The highest BCUT2D eigenvalue weighted by atomic mass is 35.5. The van der Waals surface area contributed by atoms with Crippen molar-refractivity contribution in [3.63, 3.8) is 0 Å². The smallest absolute Gasteiger partial charge is 0.410 e. The maximum atomic E-state index is 13.5. The van der Waals surface area contributed by atoms with Gasteiger partial charge in [0.15, 0.2) is 0 Å². The molecule has 1 aliphatic carbocycles. The Morgan fingerprint density at radius 1 is 1.18 bits per heavy atom. The number of carbonyl (C=O) groups is 1. The van der Waals surface area contributed by atoms with Crippen LogP contribution in [0.3, 0.4) is 0 Å². The summed E-state index contributed by atoms with van der Waals surface area (Å²) in [5, 5.41) is 8.74. The highest BCUT2D eigenvalue weighted by Crippen LogP contribution is 2.36. The Hall–Kier alpha value is -3.32. The van der Waals surface area contributed by atoms with Crippen LogP contribution in [0.5, 0.6) is 5.75 Å². The zero-order valence-corrected chi connectivity index (χ0v) is 19.0. The van der Waals surface area contributed by atoms with Gasteiger partial charge < -0.3 is 19.1 Å². The highest BCUT2D eigenvalue weighted by molar-refractivity contribution is 6.37. The third kappa shape index (κ3) is 4.09. The number of halogens is 1. The monoisotopic (exact) mass is 465 g/mol. The predicted molar refractivity (Wildman–Crippen MR) is 127 cm³/mol. The van der Waals surface area contributed by atoms with Crippen LogP contribution in [-0.2, 0) is 0 Å². The van der Waals surface area contributed by atoms with Crippen molar-refractivity contribution in [1.82, 2.24) is 15.0 Å². The van der Waals surface area contributed by atoms with E-state index in [9.17, 15) is 9.59 Å². The van der Waals surface area contributed by atoms with Gasteiger partial charge in [-0.3, -0.25) is 4.79 Å². The Morgan fingerprint density at radius 2 is 2.00 bits per heavy atom. The Bertz CT molecular complexity index is 1380. The lowest BCUT2D eigenvalue weighted by Gasteiger charge is -2.31. The minimum absolute atomic E-state index is 0.0112. The summed E-state index contributed by atoms with van der Waals surface area (Å²) in [5.74, 6) is 1.22. The largest absolute Gasteiger partial charge is 0.412 e. The standard InChI is InChI=1S/C25H24ClN3O4/c1-15-21-23(28-33-15)22-19(26)11-6-12-20(22)29(24(21)30)17-8-5-7-16(13-17)14-27-25(31)32-18-9-3-2-4-10-18/h2-4,6,9-12,16-17H,5,7-8,13-14H2,1H3,(H,27,31)/t16-,17+/m1/s1. The molecule has 1 N–H and O–H groups in total. The summed E-state index contributed by atoms with van der Waals surface area (Å²) in [7, 11) is 0. The average Bonchev–Trinajstić information content (AvgIpc) is 3.20. The van der Waals surface area contributed by atoms with Crippen molar-refractivity contribution in [2.24, 2.45) is 5.92 Å². The van der Waals surface area contributed by atoms with Crippen LogP contribution in [0.4, 0.5) is 4.79 Å². The number of rotatable bonds is 4. The number of carbonyl (C=O) groups excluding carboxylic acids is 1. The lowest BCUT2D eigenvalue weighted by molar-refractivity contribution is 0.193. The van der Waals surface area contributed by atoms with E-state index in [2.05, 4.69) is 10.5 Å². The van der Waals surface area contributed by atoms with Gasteiger partial charge in [0.2, 0.25) is 0 Å². The molecule has 2 atom stereocenters. The van der Waals surface area contributed by atoms with Gasteiger partial charge in [-0.25, -0.2) is 4.79 Å². The van der Waals surface area contributed by atoms with E-state index in [1.54, 1.807) is 25.1 Å². The molecule has 33 heavy (non-hydrogen) atoms. The number of pyridine rings is 1. The van der Waals surface area contributed by atoms with E-state index in [-0.39, 0.29) is 17.5 Å². The van der Waals surface area contributed by atoms with Gasteiger partial charge in [-0.15, -0.1) is 0 Å². The minimum Gasteiger partial charge on any atom is -0.410 e. The van der Waals surface area contributed by atoms with Crippen molar-refractivity contribution < 1.29 is 14.1 Å². The maximum absolute atomic E-state index is 13.5. The van der Waals surface area contributed by atoms with Crippen molar-refractivity contribution in [3.8, 4) is 5.75 Å². The van der Waals surface area contributed by atoms with Crippen LogP contribution >= 0.6 is 11.6 Å². The molecule has 2 aromatic carbocycles. The molecule has 0 radical (unpaired) electrons. The van der Waals surface area contributed by atoms with Gasteiger partial charge in [0.05, 0.1) is 10.5 Å². The van der Waals surface area contributed by atoms with Crippen LogP contribution in [0.25, 0.3) is 21.8 Å². The van der Waals surface area contributed by atoms with Gasteiger partial charge in [0.1, 0.15) is 22.4 Å². The van der Waals surface area contributed by atoms with E-state index in [4.69, 9.17) is 20.9 Å². The molecule has 0 spiro atoms. The molecule has 1 aliphatic rings. The molecule has 2 aromatic heterocycles. The molecule has 1 fully saturated rings. The van der Waals surface area contributed by atoms with Crippen LogP contribution in [0.2, 0.25) is 5.02 Å². The van der Waals surface area contributed by atoms with Crippen molar-refractivity contribution in [1.29, 1.82) is 0 Å². The van der Waals surface area contributed by atoms with Crippen molar-refractivity contribution in [2.45, 2.75) is 38.6 Å². The zero-order valence-electron chi connectivity index (χ0n) is 18.2. The number of benzene rings is 2. The van der Waals surface area contributed by atoms with E-state index in [0.29, 0.717) is 34.0 Å². The molecule has 0 bridgehead atoms. The van der Waals surface area contributed by atoms with Crippen LogP contribution in [0, 0.1) is 12.8 Å². The number of amides is 1. The topological polar surface area (TPSA) is 86.4 Å². The summed E-state index contributed by atoms with van der Waals surface area (Å²) in [6.45, 7) is 2.24. The third-order valence-corrected chi connectivity index (χ3v) is 6.71. The number of hydrogen-bond acceptors (Lipinski definition) is 5. The maximum Gasteiger partial charge on any atom is 0.412 e. The average molecular weight is 466 g/mol. The molecule has 5 rings (SSSR count). The number of ether oxygens (including phenoxy) is 1. The molecule has 0 saturated heterocycles. The summed E-state index contributed by atoms with van der Waals surface area (Å²) in [5.41, 5.74) is 1.16. The van der Waals surface area contributed by atoms with Gasteiger partial charge >= 0.3 is 6.09 Å². The number of nitrogens with one attached hydrogen (secondary N) is 1. The number of aromatic nitrogens is 2. The molecule has 2 heterocycles. The van der Waals surface area contributed by atoms with Crippen LogP contribution in [0.15, 0.2) is 57.8 Å². The lowest BCUT2D eigenvalue weighted by Crippen LogP contribution is -2.35. The van der Waals surface area contributed by atoms with E-state index >= 15 is 0 Å². The second kappa shape index (κ2) is 8.90. The summed E-state index contributed by atoms with van der Waals surface area (Å²) in [4.78, 5) is 25.7. The van der Waals surface area contributed by atoms with Gasteiger partial charge in [-0.2, -0.15) is 0 Å². The fourth-order valence-electron chi connectivity index (χ4n) is 4.88. The SMILES string of the molecule is Cc1onc2c1c(=O)n([C@H]1CCC[C@@H](CNC(=O)Oc3ccccc3)C1)c1cccc(Cl)c21. The van der Waals surface area contributed by atoms with E-state index < -0.39 is 6.09 Å². The number of para-hydroxylation sites is 1. The summed E-state index contributed by atoms with van der Waals surface area (Å²) >= 11 is 6.53. The molecule has 8 heteroatoms. The summed E-state index contributed by atoms with van der Waals surface area (Å²) < 4.78 is 12.5. The van der Waals surface area contributed by atoms with Crippen molar-refractivity contribution >= 4 is 39.5 Å². The highest BCUT2D eigenvalue weighted by Gasteiger charge is 2.28. The number of nitrogens with zero attached hydrogens (tertiary/aromatic N) is 2. The Morgan fingerprint density at radius 3 is 2.82 bits per heavy atom. The first-order chi connectivity index (χ1) is 16.0. The first-order valence-electron chi connectivity index (χ1n) is 11.1. The molecular weight excluding hydrogens is 442 g/mol. The number of fused-ring (bicyclic) bond motifs is 3. The number of hydrogen-bond donors (Lipinski definition) is 1.